The van der Waals surface area contributed by atoms with E-state index in [1.807, 2.05) is 13.8 Å². The largest absolute Gasteiger partial charge is 0.361 e. The molecule has 0 N–H and O–H groups in total. The molecule has 1 aromatic rings. The Bertz CT molecular complexity index is 642. The smallest absolute Gasteiger partial charge is 0.167 e. The summed E-state index contributed by atoms with van der Waals surface area (Å²) in [7, 11) is 0. The lowest BCUT2D eigenvalue weighted by atomic mass is 10.1. The molecule has 0 amide bonds. The molecule has 0 fully saturated rings. The van der Waals surface area contributed by atoms with Gasteiger partial charge in [0.25, 0.3) is 0 Å². The van der Waals surface area contributed by atoms with Crippen molar-refractivity contribution in [2.45, 2.75) is 34.6 Å². The standard InChI is InChI=1S/C18H24N2OS/c1-7-16(14(5)21)11-17(18-10-13(4)12-22-18)19-15(6)20(8-2)9-3/h10-12H,1,8-9H2,2-6H3/b17-11-,19-15?. The van der Waals surface area contributed by atoms with Gasteiger partial charge in [0, 0.05) is 13.1 Å². The number of rotatable bonds is 6. The molecule has 0 aliphatic rings. The number of allylic oxidation sites excluding steroid dienone is 2. The number of nitrogens with zero attached hydrogens (tertiary/aromatic N) is 2. The number of aryl methyl sites for hydroxylation is 1. The van der Waals surface area contributed by atoms with Crippen molar-refractivity contribution >= 4 is 28.7 Å². The van der Waals surface area contributed by atoms with Gasteiger partial charge in [-0.05, 0) is 57.7 Å². The van der Waals surface area contributed by atoms with Crippen LogP contribution in [-0.2, 0) is 4.79 Å². The molecule has 0 bridgehead atoms. The molecule has 0 aromatic carbocycles. The number of carbonyl (C=O) groups is 1. The summed E-state index contributed by atoms with van der Waals surface area (Å²) in [6.07, 6.45) is 1.77. The van der Waals surface area contributed by atoms with E-state index in [9.17, 15) is 4.79 Å². The van der Waals surface area contributed by atoms with Crippen molar-refractivity contribution in [2.75, 3.05) is 13.1 Å². The lowest BCUT2D eigenvalue weighted by Crippen LogP contribution is -2.28. The van der Waals surface area contributed by atoms with Crippen LogP contribution in [-0.4, -0.2) is 29.6 Å². The van der Waals surface area contributed by atoms with E-state index in [0.717, 1.165) is 29.5 Å². The normalized spacial score (nSPS) is 12.0. The summed E-state index contributed by atoms with van der Waals surface area (Å²) in [6.45, 7) is 15.2. The van der Waals surface area contributed by atoms with Crippen molar-refractivity contribution in [1.29, 1.82) is 0 Å². The summed E-state index contributed by atoms with van der Waals surface area (Å²) in [6, 6.07) is 2.08. The second-order valence-corrected chi connectivity index (χ2v) is 5.91. The number of hydrogen-bond donors (Lipinski definition) is 0. The minimum Gasteiger partial charge on any atom is -0.361 e. The lowest BCUT2D eigenvalue weighted by molar-refractivity contribution is -0.113. The molecule has 0 aliphatic carbocycles. The summed E-state index contributed by atoms with van der Waals surface area (Å²) >= 11 is 1.62. The number of ketones is 1. The van der Waals surface area contributed by atoms with Crippen molar-refractivity contribution in [3.05, 3.63) is 45.8 Å². The van der Waals surface area contributed by atoms with Gasteiger partial charge >= 0.3 is 0 Å². The molecule has 0 saturated carbocycles. The van der Waals surface area contributed by atoms with Crippen LogP contribution in [0.3, 0.4) is 0 Å². The summed E-state index contributed by atoms with van der Waals surface area (Å²) in [4.78, 5) is 19.6. The van der Waals surface area contributed by atoms with E-state index >= 15 is 0 Å². The maximum Gasteiger partial charge on any atom is 0.167 e. The first-order valence-electron chi connectivity index (χ1n) is 7.41. The molecule has 1 aromatic heterocycles. The highest BCUT2D eigenvalue weighted by molar-refractivity contribution is 7.11. The fourth-order valence-corrected chi connectivity index (χ4v) is 2.92. The summed E-state index contributed by atoms with van der Waals surface area (Å²) in [5.74, 6) is 0.880. The van der Waals surface area contributed by atoms with Crippen LogP contribution in [0.15, 0.2) is 40.4 Å². The van der Waals surface area contributed by atoms with Crippen LogP contribution >= 0.6 is 11.3 Å². The van der Waals surface area contributed by atoms with Crippen LogP contribution in [0, 0.1) is 6.92 Å². The van der Waals surface area contributed by atoms with Gasteiger partial charge in [0.1, 0.15) is 5.84 Å². The second kappa shape index (κ2) is 8.52. The minimum atomic E-state index is -0.0588. The quantitative estimate of drug-likeness (QED) is 0.255. The molecule has 0 aliphatic heterocycles. The summed E-state index contributed by atoms with van der Waals surface area (Å²) in [5.41, 5.74) is 5.13. The Labute approximate surface area is 137 Å². The molecular formula is C18H24N2OS. The van der Waals surface area contributed by atoms with Crippen molar-refractivity contribution in [1.82, 2.24) is 4.90 Å². The van der Waals surface area contributed by atoms with Crippen molar-refractivity contribution in [3.63, 3.8) is 0 Å². The van der Waals surface area contributed by atoms with Crippen LogP contribution in [0.1, 0.15) is 38.1 Å². The molecule has 0 radical (unpaired) electrons. The SMILES string of the molecule is C=C=C(/C=C(\N=C(C)N(CC)CC)c1cc(C)cs1)C(C)=O. The summed E-state index contributed by atoms with van der Waals surface area (Å²) < 4.78 is 0. The first kappa shape index (κ1) is 18.1. The maximum atomic E-state index is 11.6. The van der Waals surface area contributed by atoms with E-state index in [1.165, 1.54) is 12.5 Å². The van der Waals surface area contributed by atoms with E-state index in [4.69, 9.17) is 4.99 Å². The molecular weight excluding hydrogens is 292 g/mol. The molecule has 0 spiro atoms. The Morgan fingerprint density at radius 1 is 1.41 bits per heavy atom. The van der Waals surface area contributed by atoms with E-state index in [2.05, 4.69) is 42.5 Å². The second-order valence-electron chi connectivity index (χ2n) is 5.00. The third-order valence-corrected chi connectivity index (χ3v) is 4.41. The highest BCUT2D eigenvalue weighted by Gasteiger charge is 2.09. The van der Waals surface area contributed by atoms with Crippen molar-refractivity contribution in [3.8, 4) is 0 Å². The minimum absolute atomic E-state index is 0.0588. The molecule has 0 unspecified atom stereocenters. The third-order valence-electron chi connectivity index (χ3n) is 3.34. The highest BCUT2D eigenvalue weighted by Crippen LogP contribution is 2.26. The Morgan fingerprint density at radius 3 is 2.45 bits per heavy atom. The topological polar surface area (TPSA) is 32.7 Å². The Balaban J connectivity index is 3.35. The van der Waals surface area contributed by atoms with E-state index in [0.29, 0.717) is 5.57 Å². The Kier molecular flexibility index (Phi) is 7.03. The zero-order valence-corrected chi connectivity index (χ0v) is 14.9. The van der Waals surface area contributed by atoms with Crippen LogP contribution in [0.25, 0.3) is 5.70 Å². The molecule has 3 nitrogen and oxygen atoms in total. The van der Waals surface area contributed by atoms with Gasteiger partial charge in [-0.1, -0.05) is 6.58 Å². The number of aliphatic imine (C=N–C) groups is 1. The molecule has 4 heteroatoms. The van der Waals surface area contributed by atoms with E-state index < -0.39 is 0 Å². The van der Waals surface area contributed by atoms with Crippen LogP contribution in [0.5, 0.6) is 0 Å². The molecule has 0 atom stereocenters. The Morgan fingerprint density at radius 2 is 2.05 bits per heavy atom. The van der Waals surface area contributed by atoms with Gasteiger partial charge in [0.2, 0.25) is 0 Å². The molecule has 1 heterocycles. The van der Waals surface area contributed by atoms with Crippen LogP contribution in [0.2, 0.25) is 0 Å². The van der Waals surface area contributed by atoms with Crippen molar-refractivity contribution in [2.24, 2.45) is 4.99 Å². The third kappa shape index (κ3) is 4.83. The molecule has 0 saturated heterocycles. The zero-order chi connectivity index (χ0) is 16.7. The summed E-state index contributed by atoms with van der Waals surface area (Å²) in [5, 5.41) is 2.08. The van der Waals surface area contributed by atoms with Crippen LogP contribution in [0.4, 0.5) is 0 Å². The van der Waals surface area contributed by atoms with E-state index in [-0.39, 0.29) is 5.78 Å². The number of thiophene rings is 1. The number of amidine groups is 1. The van der Waals surface area contributed by atoms with Gasteiger partial charge in [-0.15, -0.1) is 17.1 Å². The van der Waals surface area contributed by atoms with Gasteiger partial charge in [0.15, 0.2) is 5.78 Å². The first-order chi connectivity index (χ1) is 10.4. The van der Waals surface area contributed by atoms with Gasteiger partial charge in [-0.25, -0.2) is 4.99 Å². The van der Waals surface area contributed by atoms with Crippen LogP contribution < -0.4 is 0 Å². The first-order valence-corrected chi connectivity index (χ1v) is 8.29. The van der Waals surface area contributed by atoms with Gasteiger partial charge < -0.3 is 4.90 Å². The van der Waals surface area contributed by atoms with Gasteiger partial charge in [0.05, 0.1) is 16.1 Å². The highest BCUT2D eigenvalue weighted by atomic mass is 32.1. The average Bonchev–Trinajstić information content (AvgIpc) is 2.90. The number of hydrogen-bond acceptors (Lipinski definition) is 3. The van der Waals surface area contributed by atoms with E-state index in [1.54, 1.807) is 17.4 Å². The predicted molar refractivity (Wildman–Crippen MR) is 96.4 cm³/mol. The Hall–Kier alpha value is -1.90. The molecule has 22 heavy (non-hydrogen) atoms. The molecule has 1 rings (SSSR count). The predicted octanol–water partition coefficient (Wildman–Crippen LogP) is 4.46. The van der Waals surface area contributed by atoms with Gasteiger partial charge in [-0.2, -0.15) is 0 Å². The zero-order valence-electron chi connectivity index (χ0n) is 14.1. The molecule has 118 valence electrons. The lowest BCUT2D eigenvalue weighted by Gasteiger charge is -2.20. The fourth-order valence-electron chi connectivity index (χ4n) is 2.06. The number of Topliss-reactive ketones (excluding diaryl/α,β-unsaturated/α-hetero) is 1. The maximum absolute atomic E-state index is 11.6. The van der Waals surface area contributed by atoms with Gasteiger partial charge in [-0.3, -0.25) is 4.79 Å². The monoisotopic (exact) mass is 316 g/mol. The number of carbonyl (C=O) groups excluding carboxylic acids is 1. The van der Waals surface area contributed by atoms with Crippen molar-refractivity contribution < 1.29 is 4.79 Å². The average molecular weight is 316 g/mol. The fraction of sp³-hybridized carbons (Fsp3) is 0.389.